The molecule has 6 heteroatoms. The van der Waals surface area contributed by atoms with E-state index in [-0.39, 0.29) is 5.91 Å². The predicted molar refractivity (Wildman–Crippen MR) is 98.6 cm³/mol. The summed E-state index contributed by atoms with van der Waals surface area (Å²) in [6.07, 6.45) is 2.70. The molecule has 0 radical (unpaired) electrons. The summed E-state index contributed by atoms with van der Waals surface area (Å²) in [5.74, 6) is 5.16. The minimum Gasteiger partial charge on any atom is -0.444 e. The molecule has 0 rings (SSSR count). The van der Waals surface area contributed by atoms with Crippen LogP contribution in [0.15, 0.2) is 12.3 Å². The average molecular weight is 352 g/mol. The first-order chi connectivity index (χ1) is 11.4. The fourth-order valence-corrected chi connectivity index (χ4v) is 1.85. The Bertz CT molecular complexity index is 530. The SMILES string of the molecule is CC#CC[C@H](O)C/C=C\NC(=O)[C@@H](NC(=O)OC(C)(C)C)C(C)(C)C. The fraction of sp³-hybridized carbons (Fsp3) is 0.684. The molecule has 142 valence electrons. The number of rotatable bonds is 6. The summed E-state index contributed by atoms with van der Waals surface area (Å²) < 4.78 is 5.21. The lowest BCUT2D eigenvalue weighted by atomic mass is 9.86. The lowest BCUT2D eigenvalue weighted by Gasteiger charge is -2.31. The molecule has 0 saturated carbocycles. The van der Waals surface area contributed by atoms with Gasteiger partial charge < -0.3 is 20.5 Å². The largest absolute Gasteiger partial charge is 0.444 e. The van der Waals surface area contributed by atoms with Crippen molar-refractivity contribution < 1.29 is 19.4 Å². The maximum atomic E-state index is 12.4. The van der Waals surface area contributed by atoms with Crippen LogP contribution in [-0.2, 0) is 9.53 Å². The van der Waals surface area contributed by atoms with Crippen LogP contribution in [0.25, 0.3) is 0 Å². The van der Waals surface area contributed by atoms with Gasteiger partial charge in [0.05, 0.1) is 6.10 Å². The van der Waals surface area contributed by atoms with Crippen LogP contribution in [0, 0.1) is 17.3 Å². The number of hydrogen-bond acceptors (Lipinski definition) is 4. The zero-order chi connectivity index (χ0) is 19.7. The molecule has 2 amide bonds. The second-order valence-corrected chi connectivity index (χ2v) is 7.88. The van der Waals surface area contributed by atoms with Crippen LogP contribution in [0.2, 0.25) is 0 Å². The first-order valence-corrected chi connectivity index (χ1v) is 8.39. The third kappa shape index (κ3) is 11.2. The summed E-state index contributed by atoms with van der Waals surface area (Å²) in [6, 6.07) is -0.761. The Kier molecular flexibility index (Phi) is 9.29. The lowest BCUT2D eigenvalue weighted by molar-refractivity contribution is -0.124. The highest BCUT2D eigenvalue weighted by molar-refractivity contribution is 5.87. The highest BCUT2D eigenvalue weighted by Gasteiger charge is 2.33. The van der Waals surface area contributed by atoms with Crippen molar-refractivity contribution in [2.45, 2.75) is 79.1 Å². The van der Waals surface area contributed by atoms with Crippen molar-refractivity contribution in [3.05, 3.63) is 12.3 Å². The predicted octanol–water partition coefficient (Wildman–Crippen LogP) is 2.72. The number of hydrogen-bond donors (Lipinski definition) is 3. The molecule has 3 N–H and O–H groups in total. The Morgan fingerprint density at radius 1 is 1.20 bits per heavy atom. The molecular weight excluding hydrogens is 320 g/mol. The number of ether oxygens (including phenoxy) is 1. The first-order valence-electron chi connectivity index (χ1n) is 8.39. The molecule has 0 bridgehead atoms. The summed E-state index contributed by atoms with van der Waals surface area (Å²) in [6.45, 7) is 12.6. The smallest absolute Gasteiger partial charge is 0.408 e. The number of amides is 2. The Hall–Kier alpha value is -2.00. The summed E-state index contributed by atoms with van der Waals surface area (Å²) in [5.41, 5.74) is -1.13. The van der Waals surface area contributed by atoms with Crippen LogP contribution in [0.5, 0.6) is 0 Å². The average Bonchev–Trinajstić information content (AvgIpc) is 2.43. The van der Waals surface area contributed by atoms with E-state index in [1.807, 2.05) is 20.8 Å². The second-order valence-electron chi connectivity index (χ2n) is 7.88. The molecular formula is C19H32N2O4. The van der Waals surface area contributed by atoms with Gasteiger partial charge in [0.25, 0.3) is 0 Å². The van der Waals surface area contributed by atoms with Gasteiger partial charge in [0.1, 0.15) is 11.6 Å². The third-order valence-electron chi connectivity index (χ3n) is 3.06. The molecule has 0 saturated heterocycles. The van der Waals surface area contributed by atoms with Crippen molar-refractivity contribution in [1.82, 2.24) is 10.6 Å². The first kappa shape index (κ1) is 23.0. The Labute approximate surface area is 151 Å². The maximum absolute atomic E-state index is 12.4. The molecule has 0 aliphatic rings. The van der Waals surface area contributed by atoms with E-state index in [0.717, 1.165) is 0 Å². The number of aliphatic hydroxyl groups is 1. The van der Waals surface area contributed by atoms with Gasteiger partial charge in [-0.15, -0.1) is 11.8 Å². The van der Waals surface area contributed by atoms with E-state index in [9.17, 15) is 14.7 Å². The quantitative estimate of drug-likeness (QED) is 0.642. The topological polar surface area (TPSA) is 87.7 Å². The molecule has 0 heterocycles. The van der Waals surface area contributed by atoms with Crippen molar-refractivity contribution in [3.63, 3.8) is 0 Å². The van der Waals surface area contributed by atoms with Crippen LogP contribution in [-0.4, -0.2) is 34.9 Å². The van der Waals surface area contributed by atoms with E-state index in [2.05, 4.69) is 22.5 Å². The van der Waals surface area contributed by atoms with Crippen LogP contribution in [0.4, 0.5) is 4.79 Å². The maximum Gasteiger partial charge on any atom is 0.408 e. The zero-order valence-electron chi connectivity index (χ0n) is 16.4. The van der Waals surface area contributed by atoms with Crippen LogP contribution >= 0.6 is 0 Å². The lowest BCUT2D eigenvalue weighted by Crippen LogP contribution is -2.53. The van der Waals surface area contributed by atoms with Gasteiger partial charge in [-0.3, -0.25) is 4.79 Å². The highest BCUT2D eigenvalue weighted by atomic mass is 16.6. The van der Waals surface area contributed by atoms with Crippen LogP contribution in [0.3, 0.4) is 0 Å². The van der Waals surface area contributed by atoms with Gasteiger partial charge >= 0.3 is 6.09 Å². The molecule has 0 aliphatic carbocycles. The van der Waals surface area contributed by atoms with E-state index in [0.29, 0.717) is 12.8 Å². The minimum atomic E-state index is -0.761. The van der Waals surface area contributed by atoms with Gasteiger partial charge in [-0.1, -0.05) is 26.8 Å². The molecule has 0 aromatic rings. The van der Waals surface area contributed by atoms with Crippen molar-refractivity contribution in [2.24, 2.45) is 5.41 Å². The Morgan fingerprint density at radius 2 is 1.80 bits per heavy atom. The number of alkyl carbamates (subject to hydrolysis) is 1. The van der Waals surface area contributed by atoms with Gasteiger partial charge in [0.2, 0.25) is 5.91 Å². The van der Waals surface area contributed by atoms with Crippen LogP contribution in [0.1, 0.15) is 61.3 Å². The van der Waals surface area contributed by atoms with E-state index in [1.54, 1.807) is 33.8 Å². The summed E-state index contributed by atoms with van der Waals surface area (Å²) in [7, 11) is 0. The van der Waals surface area contributed by atoms with Crippen molar-refractivity contribution >= 4 is 12.0 Å². The fourth-order valence-electron chi connectivity index (χ4n) is 1.85. The van der Waals surface area contributed by atoms with Gasteiger partial charge in [0.15, 0.2) is 0 Å². The molecule has 0 spiro atoms. The number of carbonyl (C=O) groups excluding carboxylic acids is 2. The standard InChI is InChI=1S/C19H32N2O4/c1-8-9-11-14(22)12-10-13-20-16(23)15(18(2,3)4)21-17(24)25-19(5,6)7/h10,13-15,22H,11-12H2,1-7H3,(H,20,23)(H,21,24)/b13-10-/t14-,15+/m0/s1. The van der Waals surface area contributed by atoms with Crippen LogP contribution < -0.4 is 10.6 Å². The number of carbonyl (C=O) groups is 2. The van der Waals surface area contributed by atoms with E-state index < -0.39 is 29.3 Å². The van der Waals surface area contributed by atoms with Gasteiger partial charge in [-0.05, 0) is 45.7 Å². The van der Waals surface area contributed by atoms with Crippen molar-refractivity contribution in [1.29, 1.82) is 0 Å². The molecule has 0 unspecified atom stereocenters. The van der Waals surface area contributed by atoms with Crippen molar-refractivity contribution in [2.75, 3.05) is 0 Å². The third-order valence-corrected chi connectivity index (χ3v) is 3.06. The Morgan fingerprint density at radius 3 is 2.28 bits per heavy atom. The second kappa shape index (κ2) is 10.1. The zero-order valence-corrected chi connectivity index (χ0v) is 16.4. The van der Waals surface area contributed by atoms with E-state index in [4.69, 9.17) is 4.74 Å². The van der Waals surface area contributed by atoms with E-state index in [1.165, 1.54) is 6.20 Å². The number of nitrogens with one attached hydrogen (secondary N) is 2. The summed E-state index contributed by atoms with van der Waals surface area (Å²) in [5, 5.41) is 14.9. The number of aliphatic hydroxyl groups excluding tert-OH is 1. The summed E-state index contributed by atoms with van der Waals surface area (Å²) in [4.78, 5) is 24.4. The molecule has 0 aliphatic heterocycles. The molecule has 0 aromatic carbocycles. The minimum absolute atomic E-state index is 0.350. The molecule has 2 atom stereocenters. The van der Waals surface area contributed by atoms with E-state index >= 15 is 0 Å². The van der Waals surface area contributed by atoms with Gasteiger partial charge in [0, 0.05) is 6.42 Å². The highest BCUT2D eigenvalue weighted by Crippen LogP contribution is 2.20. The molecule has 6 nitrogen and oxygen atoms in total. The monoisotopic (exact) mass is 352 g/mol. The van der Waals surface area contributed by atoms with Crippen molar-refractivity contribution in [3.8, 4) is 11.8 Å². The molecule has 0 aromatic heterocycles. The van der Waals surface area contributed by atoms with Gasteiger partial charge in [-0.25, -0.2) is 4.79 Å². The normalized spacial score (nSPS) is 14.2. The molecule has 0 fully saturated rings. The molecule has 25 heavy (non-hydrogen) atoms. The Balaban J connectivity index is 4.70. The summed E-state index contributed by atoms with van der Waals surface area (Å²) >= 11 is 0. The van der Waals surface area contributed by atoms with Gasteiger partial charge in [-0.2, -0.15) is 0 Å².